The first-order valence-corrected chi connectivity index (χ1v) is 8.81. The summed E-state index contributed by atoms with van der Waals surface area (Å²) in [6.07, 6.45) is 0.898. The Morgan fingerprint density at radius 1 is 1.32 bits per heavy atom. The number of hydrogen-bond acceptors (Lipinski definition) is 4. The van der Waals surface area contributed by atoms with Gasteiger partial charge in [-0.25, -0.2) is 0 Å². The van der Waals surface area contributed by atoms with Gasteiger partial charge < -0.3 is 0 Å². The Balaban J connectivity index is 2.11. The third-order valence-corrected chi connectivity index (χ3v) is 5.72. The van der Waals surface area contributed by atoms with Crippen LogP contribution in [0.15, 0.2) is 45.1 Å². The van der Waals surface area contributed by atoms with Crippen LogP contribution >= 0.6 is 39.0 Å². The smallest absolute Gasteiger partial charge is 0.0508 e. The second-order valence-corrected chi connectivity index (χ2v) is 7.31. The van der Waals surface area contributed by atoms with Gasteiger partial charge in [-0.2, -0.15) is 0 Å². The van der Waals surface area contributed by atoms with Gasteiger partial charge in [0.1, 0.15) is 0 Å². The minimum Gasteiger partial charge on any atom is -0.271 e. The molecule has 1 heterocycles. The van der Waals surface area contributed by atoms with E-state index in [0.29, 0.717) is 0 Å². The van der Waals surface area contributed by atoms with Crippen molar-refractivity contribution in [3.05, 3.63) is 50.6 Å². The van der Waals surface area contributed by atoms with Crippen LogP contribution in [-0.4, -0.2) is 5.75 Å². The molecule has 0 saturated heterocycles. The molecule has 1 unspecified atom stereocenters. The summed E-state index contributed by atoms with van der Waals surface area (Å²) in [7, 11) is 0. The first-order chi connectivity index (χ1) is 9.24. The van der Waals surface area contributed by atoms with Gasteiger partial charge in [0.25, 0.3) is 0 Å². The number of thiophene rings is 1. The van der Waals surface area contributed by atoms with Crippen molar-refractivity contribution in [2.75, 3.05) is 5.75 Å². The normalized spacial score (nSPS) is 12.6. The Kier molecular flexibility index (Phi) is 5.91. The van der Waals surface area contributed by atoms with Crippen LogP contribution in [0.5, 0.6) is 0 Å². The third kappa shape index (κ3) is 4.07. The maximum Gasteiger partial charge on any atom is 0.0508 e. The van der Waals surface area contributed by atoms with E-state index in [1.54, 1.807) is 11.3 Å². The first kappa shape index (κ1) is 15.1. The summed E-state index contributed by atoms with van der Waals surface area (Å²) in [4.78, 5) is 2.62. The molecule has 0 aliphatic carbocycles. The minimum atomic E-state index is 0.149. The topological polar surface area (TPSA) is 38.0 Å². The van der Waals surface area contributed by atoms with Crippen molar-refractivity contribution in [3.63, 3.8) is 0 Å². The fourth-order valence-electron chi connectivity index (χ4n) is 1.89. The van der Waals surface area contributed by atoms with Gasteiger partial charge in [-0.15, -0.1) is 23.1 Å². The van der Waals surface area contributed by atoms with Gasteiger partial charge in [-0.05, 0) is 50.8 Å². The number of hydrazine groups is 1. The van der Waals surface area contributed by atoms with Gasteiger partial charge in [0.05, 0.1) is 6.04 Å². The zero-order chi connectivity index (χ0) is 13.7. The van der Waals surface area contributed by atoms with Gasteiger partial charge in [-0.3, -0.25) is 11.3 Å². The molecule has 0 aliphatic rings. The van der Waals surface area contributed by atoms with Crippen LogP contribution in [0.25, 0.3) is 0 Å². The quantitative estimate of drug-likeness (QED) is 0.458. The van der Waals surface area contributed by atoms with Crippen LogP contribution in [-0.2, 0) is 6.42 Å². The van der Waals surface area contributed by atoms with Crippen LogP contribution in [0.2, 0.25) is 0 Å². The maximum atomic E-state index is 5.70. The van der Waals surface area contributed by atoms with E-state index in [2.05, 4.69) is 64.0 Å². The number of hydrogen-bond donors (Lipinski definition) is 2. The summed E-state index contributed by atoms with van der Waals surface area (Å²) >= 11 is 7.17. The molecule has 0 amide bonds. The molecule has 0 bridgehead atoms. The van der Waals surface area contributed by atoms with E-state index in [9.17, 15) is 0 Å². The van der Waals surface area contributed by atoms with Crippen molar-refractivity contribution in [1.29, 1.82) is 0 Å². The summed E-state index contributed by atoms with van der Waals surface area (Å²) in [5.74, 6) is 6.80. The van der Waals surface area contributed by atoms with Crippen LogP contribution in [0.3, 0.4) is 0 Å². The predicted molar refractivity (Wildman–Crippen MR) is 88.6 cm³/mol. The van der Waals surface area contributed by atoms with Gasteiger partial charge in [0.15, 0.2) is 0 Å². The number of rotatable bonds is 6. The third-order valence-electron chi connectivity index (χ3n) is 2.88. The van der Waals surface area contributed by atoms with E-state index in [4.69, 9.17) is 5.84 Å². The molecule has 1 atom stereocenters. The van der Waals surface area contributed by atoms with Crippen molar-refractivity contribution in [1.82, 2.24) is 5.43 Å². The lowest BCUT2D eigenvalue weighted by Gasteiger charge is -2.16. The average Bonchev–Trinajstić information content (AvgIpc) is 2.83. The van der Waals surface area contributed by atoms with Crippen molar-refractivity contribution in [3.8, 4) is 0 Å². The summed E-state index contributed by atoms with van der Waals surface area (Å²) in [6, 6.07) is 10.9. The number of halogens is 1. The molecular weight excluding hydrogens is 340 g/mol. The molecule has 0 saturated carbocycles. The van der Waals surface area contributed by atoms with Gasteiger partial charge in [-0.1, -0.05) is 19.1 Å². The van der Waals surface area contributed by atoms with Crippen LogP contribution < -0.4 is 11.3 Å². The average molecular weight is 357 g/mol. The Morgan fingerprint density at radius 2 is 2.05 bits per heavy atom. The molecule has 102 valence electrons. The van der Waals surface area contributed by atoms with Crippen molar-refractivity contribution in [2.24, 2.45) is 5.84 Å². The van der Waals surface area contributed by atoms with Crippen molar-refractivity contribution in [2.45, 2.75) is 24.3 Å². The molecule has 1 aromatic carbocycles. The van der Waals surface area contributed by atoms with Crippen LogP contribution in [0.1, 0.15) is 23.4 Å². The van der Waals surface area contributed by atoms with E-state index < -0.39 is 0 Å². The predicted octanol–water partition coefficient (Wildman–Crippen LogP) is 4.37. The molecule has 1 aromatic heterocycles. The van der Waals surface area contributed by atoms with Gasteiger partial charge in [0, 0.05) is 20.7 Å². The molecule has 2 rings (SSSR count). The number of nitrogens with two attached hydrogens (primary N) is 1. The Morgan fingerprint density at radius 3 is 2.58 bits per heavy atom. The number of thioether (sulfide) groups is 1. The molecular formula is C14H17BrN2S2. The number of benzene rings is 1. The molecule has 0 spiro atoms. The van der Waals surface area contributed by atoms with E-state index in [-0.39, 0.29) is 6.04 Å². The first-order valence-electron chi connectivity index (χ1n) is 6.15. The van der Waals surface area contributed by atoms with Crippen molar-refractivity contribution < 1.29 is 0 Å². The van der Waals surface area contributed by atoms with Crippen molar-refractivity contribution >= 4 is 39.0 Å². The summed E-state index contributed by atoms with van der Waals surface area (Å²) in [6.45, 7) is 2.16. The van der Waals surface area contributed by atoms with E-state index in [1.165, 1.54) is 15.3 Å². The maximum absolute atomic E-state index is 5.70. The summed E-state index contributed by atoms with van der Waals surface area (Å²) in [5, 5.41) is 2.09. The summed E-state index contributed by atoms with van der Waals surface area (Å²) < 4.78 is 1.16. The fourth-order valence-corrected chi connectivity index (χ4v) is 4.12. The lowest BCUT2D eigenvalue weighted by atomic mass is 10.0. The highest BCUT2D eigenvalue weighted by atomic mass is 79.9. The molecule has 2 aromatic rings. The summed E-state index contributed by atoms with van der Waals surface area (Å²) in [5.41, 5.74) is 4.14. The van der Waals surface area contributed by atoms with Crippen LogP contribution in [0.4, 0.5) is 0 Å². The molecule has 0 aliphatic heterocycles. The number of nitrogens with one attached hydrogen (secondary N) is 1. The second kappa shape index (κ2) is 7.45. The molecule has 2 nitrogen and oxygen atoms in total. The SMILES string of the molecule is CCSc1ccc(C(Cc2sccc2Br)NN)cc1. The van der Waals surface area contributed by atoms with E-state index in [0.717, 1.165) is 16.6 Å². The van der Waals surface area contributed by atoms with Gasteiger partial charge in [0.2, 0.25) is 0 Å². The largest absolute Gasteiger partial charge is 0.271 e. The highest BCUT2D eigenvalue weighted by Crippen LogP contribution is 2.28. The molecule has 0 fully saturated rings. The Hall–Kier alpha value is -0.330. The van der Waals surface area contributed by atoms with E-state index >= 15 is 0 Å². The Labute approximate surface area is 130 Å². The zero-order valence-electron chi connectivity index (χ0n) is 10.7. The fraction of sp³-hybridized carbons (Fsp3) is 0.286. The molecule has 5 heteroatoms. The minimum absolute atomic E-state index is 0.149. The highest BCUT2D eigenvalue weighted by Gasteiger charge is 2.13. The lowest BCUT2D eigenvalue weighted by molar-refractivity contribution is 0.554. The molecule has 0 radical (unpaired) electrons. The standard InChI is InChI=1S/C14H17BrN2S2/c1-2-18-11-5-3-10(4-6-11)13(17-16)9-14-12(15)7-8-19-14/h3-8,13,17H,2,9,16H2,1H3. The van der Waals surface area contributed by atoms with Gasteiger partial charge >= 0.3 is 0 Å². The second-order valence-electron chi connectivity index (χ2n) is 4.12. The Bertz CT molecular complexity index is 510. The zero-order valence-corrected chi connectivity index (χ0v) is 13.9. The lowest BCUT2D eigenvalue weighted by Crippen LogP contribution is -2.29. The molecule has 3 N–H and O–H groups in total. The van der Waals surface area contributed by atoms with Crippen LogP contribution in [0, 0.1) is 0 Å². The monoisotopic (exact) mass is 356 g/mol. The highest BCUT2D eigenvalue weighted by molar-refractivity contribution is 9.10. The molecule has 19 heavy (non-hydrogen) atoms. The van der Waals surface area contributed by atoms with E-state index in [1.807, 2.05) is 11.8 Å².